The van der Waals surface area contributed by atoms with Gasteiger partial charge in [-0.1, -0.05) is 23.4 Å². The van der Waals surface area contributed by atoms with E-state index in [0.717, 1.165) is 11.1 Å². The summed E-state index contributed by atoms with van der Waals surface area (Å²) in [6, 6.07) is 14.5. The minimum atomic E-state index is -0.304. The van der Waals surface area contributed by atoms with Crippen molar-refractivity contribution in [3.05, 3.63) is 84.1 Å². The molecule has 1 aromatic carbocycles. The van der Waals surface area contributed by atoms with Crippen LogP contribution < -0.4 is 10.1 Å². The van der Waals surface area contributed by atoms with Crippen LogP contribution >= 0.6 is 0 Å². The molecule has 4 rings (SSSR count). The number of para-hydroxylation sites is 1. The highest BCUT2D eigenvalue weighted by molar-refractivity contribution is 6.06. The Morgan fingerprint density at radius 1 is 1.07 bits per heavy atom. The van der Waals surface area contributed by atoms with Crippen molar-refractivity contribution < 1.29 is 14.1 Å². The van der Waals surface area contributed by atoms with Crippen molar-refractivity contribution >= 4 is 11.6 Å². The van der Waals surface area contributed by atoms with Crippen LogP contribution in [0.5, 0.6) is 5.88 Å². The lowest BCUT2D eigenvalue weighted by molar-refractivity contribution is 0.102. The number of nitrogens with one attached hydrogen (secondary N) is 1. The van der Waals surface area contributed by atoms with Crippen molar-refractivity contribution in [2.24, 2.45) is 0 Å². The lowest BCUT2D eigenvalue weighted by atomic mass is 10.1. The van der Waals surface area contributed by atoms with E-state index in [9.17, 15) is 4.79 Å². The highest BCUT2D eigenvalue weighted by atomic mass is 16.5. The van der Waals surface area contributed by atoms with Crippen molar-refractivity contribution in [2.75, 3.05) is 11.9 Å². The van der Waals surface area contributed by atoms with Gasteiger partial charge in [0.25, 0.3) is 5.91 Å². The predicted octanol–water partition coefficient (Wildman–Crippen LogP) is 3.77. The molecule has 0 fully saturated rings. The van der Waals surface area contributed by atoms with Crippen molar-refractivity contribution in [1.29, 1.82) is 0 Å². The number of anilines is 1. The smallest absolute Gasteiger partial charge is 0.261 e. The van der Waals surface area contributed by atoms with Gasteiger partial charge in [-0.3, -0.25) is 9.78 Å². The molecular formula is C22H19N5O3. The summed E-state index contributed by atoms with van der Waals surface area (Å²) < 4.78 is 10.9. The predicted molar refractivity (Wildman–Crippen MR) is 110 cm³/mol. The summed E-state index contributed by atoms with van der Waals surface area (Å²) >= 11 is 0. The summed E-state index contributed by atoms with van der Waals surface area (Å²) in [4.78, 5) is 25.4. The molecule has 0 atom stereocenters. The fraction of sp³-hybridized carbons (Fsp3) is 0.136. The van der Waals surface area contributed by atoms with E-state index in [-0.39, 0.29) is 5.91 Å². The largest absolute Gasteiger partial charge is 0.477 e. The molecule has 3 aromatic heterocycles. The molecule has 30 heavy (non-hydrogen) atoms. The first-order valence-electron chi connectivity index (χ1n) is 9.44. The van der Waals surface area contributed by atoms with Crippen LogP contribution in [0.4, 0.5) is 5.69 Å². The van der Waals surface area contributed by atoms with Gasteiger partial charge in [0.2, 0.25) is 17.6 Å². The minimum absolute atomic E-state index is 0.300. The zero-order valence-corrected chi connectivity index (χ0v) is 16.3. The van der Waals surface area contributed by atoms with E-state index >= 15 is 0 Å². The van der Waals surface area contributed by atoms with Crippen molar-refractivity contribution in [1.82, 2.24) is 20.1 Å². The molecule has 0 saturated heterocycles. The molecule has 0 saturated carbocycles. The average Bonchev–Trinajstić information content (AvgIpc) is 3.25. The Labute approximate surface area is 173 Å². The van der Waals surface area contributed by atoms with E-state index in [4.69, 9.17) is 9.26 Å². The number of hydrogen-bond acceptors (Lipinski definition) is 7. The summed E-state index contributed by atoms with van der Waals surface area (Å²) in [5, 5.41) is 6.95. The molecule has 3 heterocycles. The maximum atomic E-state index is 12.8. The van der Waals surface area contributed by atoms with Crippen molar-refractivity contribution in [3.63, 3.8) is 0 Å². The second-order valence-corrected chi connectivity index (χ2v) is 6.32. The number of carbonyl (C=O) groups is 1. The summed E-state index contributed by atoms with van der Waals surface area (Å²) in [6.07, 6.45) is 5.31. The average molecular weight is 401 g/mol. The first-order valence-corrected chi connectivity index (χ1v) is 9.44. The number of amides is 1. The number of carbonyl (C=O) groups excluding carboxylic acids is 1. The third-order valence-electron chi connectivity index (χ3n) is 4.31. The molecule has 0 aliphatic heterocycles. The van der Waals surface area contributed by atoms with E-state index in [1.165, 1.54) is 0 Å². The van der Waals surface area contributed by atoms with Crippen LogP contribution in [0.2, 0.25) is 0 Å². The number of nitrogens with zero attached hydrogens (tertiary/aromatic N) is 4. The topological polar surface area (TPSA) is 103 Å². The highest BCUT2D eigenvalue weighted by Gasteiger charge is 2.16. The number of aromatic nitrogens is 4. The molecule has 1 N–H and O–H groups in total. The fourth-order valence-corrected chi connectivity index (χ4v) is 2.91. The van der Waals surface area contributed by atoms with Gasteiger partial charge in [0.05, 0.1) is 13.0 Å². The van der Waals surface area contributed by atoms with Gasteiger partial charge in [-0.05, 0) is 42.8 Å². The van der Waals surface area contributed by atoms with Gasteiger partial charge in [-0.15, -0.1) is 0 Å². The molecule has 150 valence electrons. The number of rotatable bonds is 7. The molecule has 0 aliphatic carbocycles. The van der Waals surface area contributed by atoms with Crippen LogP contribution in [-0.2, 0) is 6.42 Å². The molecule has 4 aromatic rings. The number of ether oxygens (including phenoxy) is 1. The summed E-state index contributed by atoms with van der Waals surface area (Å²) in [5.74, 6) is 0.932. The Hall–Kier alpha value is -4.07. The van der Waals surface area contributed by atoms with Crippen LogP contribution in [-0.4, -0.2) is 32.6 Å². The molecule has 0 radical (unpaired) electrons. The molecule has 8 nitrogen and oxygen atoms in total. The minimum Gasteiger partial charge on any atom is -0.477 e. The van der Waals surface area contributed by atoms with E-state index in [1.807, 2.05) is 43.3 Å². The maximum Gasteiger partial charge on any atom is 0.261 e. The zero-order chi connectivity index (χ0) is 20.8. The first kappa shape index (κ1) is 19.3. The quantitative estimate of drug-likeness (QED) is 0.503. The van der Waals surface area contributed by atoms with E-state index in [1.54, 1.807) is 30.7 Å². The third kappa shape index (κ3) is 4.33. The van der Waals surface area contributed by atoms with Crippen molar-refractivity contribution in [3.8, 4) is 17.3 Å². The molecule has 8 heteroatoms. The molecular weight excluding hydrogens is 382 g/mol. The first-order chi connectivity index (χ1) is 14.7. The number of hydrogen-bond donors (Lipinski definition) is 1. The Morgan fingerprint density at radius 2 is 1.90 bits per heavy atom. The van der Waals surface area contributed by atoms with Gasteiger partial charge in [0.1, 0.15) is 5.56 Å². The van der Waals surface area contributed by atoms with E-state index < -0.39 is 0 Å². The summed E-state index contributed by atoms with van der Waals surface area (Å²) in [6.45, 7) is 2.27. The number of pyridine rings is 2. The lowest BCUT2D eigenvalue weighted by Crippen LogP contribution is -2.15. The normalized spacial score (nSPS) is 10.6. The monoisotopic (exact) mass is 401 g/mol. The van der Waals surface area contributed by atoms with Crippen LogP contribution in [0.25, 0.3) is 11.4 Å². The van der Waals surface area contributed by atoms with Crippen molar-refractivity contribution in [2.45, 2.75) is 13.3 Å². The second-order valence-electron chi connectivity index (χ2n) is 6.32. The van der Waals surface area contributed by atoms with Gasteiger partial charge >= 0.3 is 0 Å². The zero-order valence-electron chi connectivity index (χ0n) is 16.3. The standard InChI is InChI=1S/C22H19N5O3/c1-2-29-22-17(7-5-11-24-22)21(28)25-18-8-4-3-6-16(18)14-19-26-20(27-30-19)15-9-12-23-13-10-15/h3-13H,2,14H2,1H3,(H,25,28). The molecule has 0 spiro atoms. The molecule has 0 bridgehead atoms. The van der Waals surface area contributed by atoms with Gasteiger partial charge in [-0.2, -0.15) is 4.98 Å². The fourth-order valence-electron chi connectivity index (χ4n) is 2.91. The number of benzene rings is 1. The SMILES string of the molecule is CCOc1ncccc1C(=O)Nc1ccccc1Cc1nc(-c2ccncc2)no1. The molecule has 1 amide bonds. The van der Waals surface area contributed by atoms with Crippen LogP contribution in [0.15, 0.2) is 71.6 Å². The molecule has 0 aliphatic rings. The summed E-state index contributed by atoms with van der Waals surface area (Å²) in [7, 11) is 0. The highest BCUT2D eigenvalue weighted by Crippen LogP contribution is 2.23. The Kier molecular flexibility index (Phi) is 5.75. The summed E-state index contributed by atoms with van der Waals surface area (Å²) in [5.41, 5.74) is 2.68. The van der Waals surface area contributed by atoms with E-state index in [2.05, 4.69) is 25.4 Å². The van der Waals surface area contributed by atoms with Crippen LogP contribution in [0.3, 0.4) is 0 Å². The third-order valence-corrected chi connectivity index (χ3v) is 4.31. The maximum absolute atomic E-state index is 12.8. The lowest BCUT2D eigenvalue weighted by Gasteiger charge is -2.12. The van der Waals surface area contributed by atoms with Gasteiger partial charge in [0, 0.05) is 29.8 Å². The van der Waals surface area contributed by atoms with Gasteiger partial charge in [-0.25, -0.2) is 4.98 Å². The van der Waals surface area contributed by atoms with Gasteiger partial charge < -0.3 is 14.6 Å². The van der Waals surface area contributed by atoms with Crippen LogP contribution in [0.1, 0.15) is 28.7 Å². The second kappa shape index (κ2) is 8.95. The van der Waals surface area contributed by atoms with Crippen LogP contribution in [0, 0.1) is 0 Å². The Bertz CT molecular complexity index is 1140. The molecule has 0 unspecified atom stereocenters. The van der Waals surface area contributed by atoms with Gasteiger partial charge in [0.15, 0.2) is 0 Å². The Balaban J connectivity index is 1.54. The van der Waals surface area contributed by atoms with E-state index in [0.29, 0.717) is 41.9 Å². The Morgan fingerprint density at radius 3 is 2.73 bits per heavy atom.